The molecule has 0 aromatic carbocycles. The maximum absolute atomic E-state index is 12.6. The summed E-state index contributed by atoms with van der Waals surface area (Å²) < 4.78 is 0. The van der Waals surface area contributed by atoms with Gasteiger partial charge in [0.25, 0.3) is 0 Å². The third-order valence-electron chi connectivity index (χ3n) is 5.43. The van der Waals surface area contributed by atoms with E-state index in [-0.39, 0.29) is 5.41 Å². The van der Waals surface area contributed by atoms with Gasteiger partial charge >= 0.3 is 0 Å². The Morgan fingerprint density at radius 3 is 2.78 bits per heavy atom. The fourth-order valence-corrected chi connectivity index (χ4v) is 3.51. The molecule has 3 heteroatoms. The summed E-state index contributed by atoms with van der Waals surface area (Å²) in [5.41, 5.74) is -0.138. The van der Waals surface area contributed by atoms with E-state index in [1.165, 1.54) is 12.8 Å². The van der Waals surface area contributed by atoms with Gasteiger partial charge in [-0.25, -0.2) is 0 Å². The highest BCUT2D eigenvalue weighted by molar-refractivity contribution is 5.83. The molecule has 2 fully saturated rings. The van der Waals surface area contributed by atoms with Crippen LogP contribution in [0.2, 0.25) is 0 Å². The van der Waals surface area contributed by atoms with E-state index >= 15 is 0 Å². The number of carbonyl (C=O) groups is 1. The standard InChI is InChI=1S/C15H28N2O/c1-4-15(8-9-16-10-15)14(18)17-13-7-5-6-11(2)12(13)3/h11-13,16H,4-10H2,1-3H3,(H,17,18). The summed E-state index contributed by atoms with van der Waals surface area (Å²) >= 11 is 0. The molecule has 2 aliphatic rings. The molecule has 2 N–H and O–H groups in total. The molecule has 2 rings (SSSR count). The molecule has 0 aromatic rings. The molecule has 18 heavy (non-hydrogen) atoms. The monoisotopic (exact) mass is 252 g/mol. The van der Waals surface area contributed by atoms with Crippen molar-refractivity contribution < 1.29 is 4.79 Å². The van der Waals surface area contributed by atoms with E-state index in [1.807, 2.05) is 0 Å². The fraction of sp³-hybridized carbons (Fsp3) is 0.933. The smallest absolute Gasteiger partial charge is 0.227 e. The van der Waals surface area contributed by atoms with Gasteiger partial charge in [-0.3, -0.25) is 4.79 Å². The molecule has 4 unspecified atom stereocenters. The predicted octanol–water partition coefficient (Wildman–Crippen LogP) is 2.32. The highest BCUT2D eigenvalue weighted by atomic mass is 16.2. The molecule has 1 saturated heterocycles. The van der Waals surface area contributed by atoms with Gasteiger partial charge in [0, 0.05) is 12.6 Å². The Bertz CT molecular complexity index is 297. The number of carbonyl (C=O) groups excluding carboxylic acids is 1. The van der Waals surface area contributed by atoms with Crippen molar-refractivity contribution in [3.05, 3.63) is 0 Å². The van der Waals surface area contributed by atoms with E-state index in [4.69, 9.17) is 0 Å². The lowest BCUT2D eigenvalue weighted by molar-refractivity contribution is -0.131. The van der Waals surface area contributed by atoms with Crippen LogP contribution in [0, 0.1) is 17.3 Å². The van der Waals surface area contributed by atoms with Crippen molar-refractivity contribution in [2.24, 2.45) is 17.3 Å². The molecule has 4 atom stereocenters. The second kappa shape index (κ2) is 5.60. The number of hydrogen-bond donors (Lipinski definition) is 2. The van der Waals surface area contributed by atoms with Gasteiger partial charge in [0.15, 0.2) is 0 Å². The molecule has 1 amide bonds. The van der Waals surface area contributed by atoms with Crippen LogP contribution in [0.4, 0.5) is 0 Å². The van der Waals surface area contributed by atoms with Gasteiger partial charge in [-0.05, 0) is 37.6 Å². The molecular formula is C15H28N2O. The second-order valence-electron chi connectivity index (χ2n) is 6.41. The molecular weight excluding hydrogens is 224 g/mol. The molecule has 0 spiro atoms. The Kier molecular flexibility index (Phi) is 4.31. The summed E-state index contributed by atoms with van der Waals surface area (Å²) in [6.45, 7) is 8.58. The normalized spacial score (nSPS) is 40.7. The average Bonchev–Trinajstić information content (AvgIpc) is 2.85. The molecule has 104 valence electrons. The fourth-order valence-electron chi connectivity index (χ4n) is 3.51. The third-order valence-corrected chi connectivity index (χ3v) is 5.43. The van der Waals surface area contributed by atoms with Crippen molar-refractivity contribution in [2.75, 3.05) is 13.1 Å². The maximum atomic E-state index is 12.6. The van der Waals surface area contributed by atoms with Crippen LogP contribution < -0.4 is 10.6 Å². The zero-order chi connectivity index (χ0) is 13.2. The van der Waals surface area contributed by atoms with E-state index in [2.05, 4.69) is 31.4 Å². The van der Waals surface area contributed by atoms with E-state index in [9.17, 15) is 4.79 Å². The van der Waals surface area contributed by atoms with Crippen molar-refractivity contribution in [3.8, 4) is 0 Å². The van der Waals surface area contributed by atoms with E-state index in [0.717, 1.165) is 38.3 Å². The summed E-state index contributed by atoms with van der Waals surface area (Å²) in [5, 5.41) is 6.70. The first-order chi connectivity index (χ1) is 8.59. The molecule has 1 aliphatic heterocycles. The zero-order valence-corrected chi connectivity index (χ0v) is 12.1. The SMILES string of the molecule is CCC1(C(=O)NC2CCCC(C)C2C)CCNC1. The first-order valence-electron chi connectivity index (χ1n) is 7.61. The van der Waals surface area contributed by atoms with Gasteiger partial charge in [-0.2, -0.15) is 0 Å². The number of amides is 1. The Balaban J connectivity index is 1.97. The van der Waals surface area contributed by atoms with Crippen LogP contribution in [0.1, 0.15) is 52.9 Å². The minimum atomic E-state index is -0.138. The Hall–Kier alpha value is -0.570. The van der Waals surface area contributed by atoms with Crippen LogP contribution in [0.3, 0.4) is 0 Å². The zero-order valence-electron chi connectivity index (χ0n) is 12.1. The minimum absolute atomic E-state index is 0.138. The first-order valence-corrected chi connectivity index (χ1v) is 7.61. The summed E-state index contributed by atoms with van der Waals surface area (Å²) in [5.74, 6) is 1.65. The Morgan fingerprint density at radius 2 is 2.17 bits per heavy atom. The van der Waals surface area contributed by atoms with Crippen molar-refractivity contribution in [1.29, 1.82) is 0 Å². The first kappa shape index (κ1) is 13.9. The van der Waals surface area contributed by atoms with Gasteiger partial charge in [0.05, 0.1) is 5.41 Å². The molecule has 1 aliphatic carbocycles. The van der Waals surface area contributed by atoms with E-state index in [0.29, 0.717) is 17.9 Å². The highest BCUT2D eigenvalue weighted by Gasteiger charge is 2.41. The van der Waals surface area contributed by atoms with Crippen molar-refractivity contribution in [3.63, 3.8) is 0 Å². The molecule has 0 radical (unpaired) electrons. The van der Waals surface area contributed by atoms with Gasteiger partial charge in [0.1, 0.15) is 0 Å². The van der Waals surface area contributed by atoms with Crippen molar-refractivity contribution in [1.82, 2.24) is 10.6 Å². The predicted molar refractivity (Wildman–Crippen MR) is 74.3 cm³/mol. The summed E-state index contributed by atoms with van der Waals surface area (Å²) in [7, 11) is 0. The summed E-state index contributed by atoms with van der Waals surface area (Å²) in [4.78, 5) is 12.6. The van der Waals surface area contributed by atoms with E-state index < -0.39 is 0 Å². The van der Waals surface area contributed by atoms with Crippen LogP contribution in [0.25, 0.3) is 0 Å². The molecule has 0 aromatic heterocycles. The molecule has 0 bridgehead atoms. The van der Waals surface area contributed by atoms with Crippen LogP contribution in [0.5, 0.6) is 0 Å². The van der Waals surface area contributed by atoms with Gasteiger partial charge < -0.3 is 10.6 Å². The van der Waals surface area contributed by atoms with Crippen LogP contribution in [-0.4, -0.2) is 25.0 Å². The molecule has 3 nitrogen and oxygen atoms in total. The van der Waals surface area contributed by atoms with Gasteiger partial charge in [0.2, 0.25) is 5.91 Å². The minimum Gasteiger partial charge on any atom is -0.353 e. The lowest BCUT2D eigenvalue weighted by Crippen LogP contribution is -2.50. The topological polar surface area (TPSA) is 41.1 Å². The average molecular weight is 252 g/mol. The second-order valence-corrected chi connectivity index (χ2v) is 6.41. The number of rotatable bonds is 3. The van der Waals surface area contributed by atoms with E-state index in [1.54, 1.807) is 0 Å². The van der Waals surface area contributed by atoms with Crippen LogP contribution in [-0.2, 0) is 4.79 Å². The maximum Gasteiger partial charge on any atom is 0.227 e. The Labute approximate surface area is 111 Å². The Morgan fingerprint density at radius 1 is 1.39 bits per heavy atom. The lowest BCUT2D eigenvalue weighted by Gasteiger charge is -2.37. The molecule has 1 heterocycles. The lowest BCUT2D eigenvalue weighted by atomic mass is 9.76. The highest BCUT2D eigenvalue weighted by Crippen LogP contribution is 2.33. The molecule has 1 saturated carbocycles. The van der Waals surface area contributed by atoms with Crippen molar-refractivity contribution >= 4 is 5.91 Å². The van der Waals surface area contributed by atoms with Gasteiger partial charge in [-0.15, -0.1) is 0 Å². The summed E-state index contributed by atoms with van der Waals surface area (Å²) in [6, 6.07) is 0.394. The third kappa shape index (κ3) is 2.56. The quantitative estimate of drug-likeness (QED) is 0.809. The van der Waals surface area contributed by atoms with Crippen LogP contribution >= 0.6 is 0 Å². The van der Waals surface area contributed by atoms with Gasteiger partial charge in [-0.1, -0.05) is 33.6 Å². The van der Waals surface area contributed by atoms with Crippen molar-refractivity contribution in [2.45, 2.75) is 58.9 Å². The number of nitrogens with one attached hydrogen (secondary N) is 2. The largest absolute Gasteiger partial charge is 0.353 e. The number of hydrogen-bond acceptors (Lipinski definition) is 2. The van der Waals surface area contributed by atoms with Crippen LogP contribution in [0.15, 0.2) is 0 Å². The summed E-state index contributed by atoms with van der Waals surface area (Å²) in [6.07, 6.45) is 5.67.